The van der Waals surface area contributed by atoms with Crippen LogP contribution in [0.15, 0.2) is 46.9 Å². The molecular weight excluding hydrogens is 306 g/mol. The highest BCUT2D eigenvalue weighted by Gasteiger charge is 2.04. The fraction of sp³-hybridized carbons (Fsp3) is 0.0769. The first kappa shape index (κ1) is 12.4. The van der Waals surface area contributed by atoms with Gasteiger partial charge in [-0.25, -0.2) is 4.39 Å². The summed E-state index contributed by atoms with van der Waals surface area (Å²) in [6.07, 6.45) is 0. The lowest BCUT2D eigenvalue weighted by atomic mass is 10.2. The molecule has 0 unspecified atom stereocenters. The molecule has 0 aliphatic rings. The van der Waals surface area contributed by atoms with E-state index in [1.807, 2.05) is 24.3 Å². The van der Waals surface area contributed by atoms with Crippen molar-refractivity contribution in [2.24, 2.45) is 0 Å². The molecule has 4 heteroatoms. The van der Waals surface area contributed by atoms with E-state index >= 15 is 0 Å². The Hall–Kier alpha value is -1.06. The van der Waals surface area contributed by atoms with E-state index < -0.39 is 0 Å². The van der Waals surface area contributed by atoms with Gasteiger partial charge in [0.1, 0.15) is 18.2 Å². The standard InChI is InChI=1S/C13H9BrClFO/c14-10-1-4-12(5-2-10)17-8-9-7-11(15)3-6-13(9)16/h1-7H,8H2. The first-order valence-electron chi connectivity index (χ1n) is 4.97. The Morgan fingerprint density at radius 2 is 1.82 bits per heavy atom. The number of hydrogen-bond donors (Lipinski definition) is 0. The van der Waals surface area contributed by atoms with Crippen LogP contribution in [0.1, 0.15) is 5.56 Å². The first-order valence-corrected chi connectivity index (χ1v) is 6.14. The molecular formula is C13H9BrClFO. The van der Waals surface area contributed by atoms with Crippen molar-refractivity contribution in [1.82, 2.24) is 0 Å². The quantitative estimate of drug-likeness (QED) is 0.789. The molecule has 0 aromatic heterocycles. The second-order valence-electron chi connectivity index (χ2n) is 3.48. The Balaban J connectivity index is 2.07. The highest BCUT2D eigenvalue weighted by Crippen LogP contribution is 2.19. The Labute approximate surface area is 112 Å². The maximum Gasteiger partial charge on any atom is 0.129 e. The molecule has 0 atom stereocenters. The molecule has 0 saturated carbocycles. The summed E-state index contributed by atoms with van der Waals surface area (Å²) in [7, 11) is 0. The highest BCUT2D eigenvalue weighted by molar-refractivity contribution is 9.10. The van der Waals surface area contributed by atoms with Gasteiger partial charge in [-0.2, -0.15) is 0 Å². The first-order chi connectivity index (χ1) is 8.15. The fourth-order valence-corrected chi connectivity index (χ4v) is 1.80. The summed E-state index contributed by atoms with van der Waals surface area (Å²) < 4.78 is 19.8. The lowest BCUT2D eigenvalue weighted by molar-refractivity contribution is 0.300. The van der Waals surface area contributed by atoms with Crippen molar-refractivity contribution in [3.63, 3.8) is 0 Å². The van der Waals surface area contributed by atoms with Crippen molar-refractivity contribution in [2.45, 2.75) is 6.61 Å². The van der Waals surface area contributed by atoms with Crippen molar-refractivity contribution in [3.8, 4) is 5.75 Å². The summed E-state index contributed by atoms with van der Waals surface area (Å²) in [5.74, 6) is 0.374. The van der Waals surface area contributed by atoms with E-state index in [4.69, 9.17) is 16.3 Å². The monoisotopic (exact) mass is 314 g/mol. The van der Waals surface area contributed by atoms with Crippen LogP contribution in [0.2, 0.25) is 5.02 Å². The van der Waals surface area contributed by atoms with Gasteiger partial charge in [-0.15, -0.1) is 0 Å². The minimum absolute atomic E-state index is 0.161. The van der Waals surface area contributed by atoms with Crippen LogP contribution in [-0.2, 0) is 6.61 Å². The number of ether oxygens (including phenoxy) is 1. The van der Waals surface area contributed by atoms with Gasteiger partial charge in [-0.05, 0) is 42.5 Å². The summed E-state index contributed by atoms with van der Waals surface area (Å²) in [5.41, 5.74) is 0.445. The van der Waals surface area contributed by atoms with Gasteiger partial charge in [0.05, 0.1) is 0 Å². The largest absolute Gasteiger partial charge is 0.489 e. The molecule has 88 valence electrons. The summed E-state index contributed by atoms with van der Waals surface area (Å²) in [6, 6.07) is 11.8. The van der Waals surface area contributed by atoms with Crippen molar-refractivity contribution in [3.05, 3.63) is 63.3 Å². The van der Waals surface area contributed by atoms with Crippen LogP contribution in [0.25, 0.3) is 0 Å². The molecule has 0 spiro atoms. The number of rotatable bonds is 3. The van der Waals surface area contributed by atoms with Gasteiger partial charge < -0.3 is 4.74 Å². The van der Waals surface area contributed by atoms with Crippen LogP contribution in [0.3, 0.4) is 0 Å². The fourth-order valence-electron chi connectivity index (χ4n) is 1.35. The van der Waals surface area contributed by atoms with Crippen LogP contribution in [0.5, 0.6) is 5.75 Å². The number of hydrogen-bond acceptors (Lipinski definition) is 1. The minimum atomic E-state index is -0.313. The van der Waals surface area contributed by atoms with Gasteiger partial charge in [0.15, 0.2) is 0 Å². The Kier molecular flexibility index (Phi) is 4.02. The van der Waals surface area contributed by atoms with E-state index in [0.29, 0.717) is 16.3 Å². The molecule has 1 nitrogen and oxygen atoms in total. The second-order valence-corrected chi connectivity index (χ2v) is 4.83. The van der Waals surface area contributed by atoms with E-state index in [-0.39, 0.29) is 12.4 Å². The van der Waals surface area contributed by atoms with E-state index in [0.717, 1.165) is 4.47 Å². The minimum Gasteiger partial charge on any atom is -0.489 e. The van der Waals surface area contributed by atoms with Crippen molar-refractivity contribution < 1.29 is 9.13 Å². The maximum atomic E-state index is 13.4. The number of halogens is 3. The Morgan fingerprint density at radius 3 is 2.53 bits per heavy atom. The van der Waals surface area contributed by atoms with Crippen LogP contribution in [0.4, 0.5) is 4.39 Å². The maximum absolute atomic E-state index is 13.4. The van der Waals surface area contributed by atoms with Crippen LogP contribution < -0.4 is 4.74 Å². The zero-order chi connectivity index (χ0) is 12.3. The normalized spacial score (nSPS) is 10.3. The van der Waals surface area contributed by atoms with E-state index in [2.05, 4.69) is 15.9 Å². The zero-order valence-corrected chi connectivity index (χ0v) is 11.1. The molecule has 2 aromatic carbocycles. The average Bonchev–Trinajstić information content (AvgIpc) is 2.32. The molecule has 0 radical (unpaired) electrons. The second kappa shape index (κ2) is 5.52. The van der Waals surface area contributed by atoms with Gasteiger partial charge in [-0.3, -0.25) is 0 Å². The van der Waals surface area contributed by atoms with Crippen LogP contribution >= 0.6 is 27.5 Å². The Morgan fingerprint density at radius 1 is 1.12 bits per heavy atom. The van der Waals surface area contributed by atoms with Crippen LogP contribution in [0, 0.1) is 5.82 Å². The summed E-state index contributed by atoms with van der Waals surface area (Å²) >= 11 is 9.12. The van der Waals surface area contributed by atoms with Crippen molar-refractivity contribution in [2.75, 3.05) is 0 Å². The van der Waals surface area contributed by atoms with Gasteiger partial charge in [-0.1, -0.05) is 27.5 Å². The highest BCUT2D eigenvalue weighted by atomic mass is 79.9. The molecule has 2 rings (SSSR count). The molecule has 0 amide bonds. The topological polar surface area (TPSA) is 9.23 Å². The van der Waals surface area contributed by atoms with Crippen molar-refractivity contribution in [1.29, 1.82) is 0 Å². The smallest absolute Gasteiger partial charge is 0.129 e. The molecule has 0 saturated heterocycles. The van der Waals surface area contributed by atoms with Gasteiger partial charge in [0.2, 0.25) is 0 Å². The van der Waals surface area contributed by atoms with E-state index in [1.165, 1.54) is 12.1 Å². The lowest BCUT2D eigenvalue weighted by Crippen LogP contribution is -1.98. The molecule has 0 N–H and O–H groups in total. The average molecular weight is 316 g/mol. The third kappa shape index (κ3) is 3.45. The zero-order valence-electron chi connectivity index (χ0n) is 8.79. The third-order valence-corrected chi connectivity index (χ3v) is 2.98. The molecule has 0 aliphatic heterocycles. The number of benzene rings is 2. The molecule has 0 heterocycles. The molecule has 0 bridgehead atoms. The van der Waals surface area contributed by atoms with Crippen LogP contribution in [-0.4, -0.2) is 0 Å². The van der Waals surface area contributed by atoms with Gasteiger partial charge in [0.25, 0.3) is 0 Å². The molecule has 0 fully saturated rings. The molecule has 0 aliphatic carbocycles. The predicted octanol–water partition coefficient (Wildman–Crippen LogP) is 4.82. The Bertz CT molecular complexity index is 513. The van der Waals surface area contributed by atoms with Gasteiger partial charge in [0, 0.05) is 15.1 Å². The van der Waals surface area contributed by atoms with Crippen molar-refractivity contribution >= 4 is 27.5 Å². The summed E-state index contributed by atoms with van der Waals surface area (Å²) in [5, 5.41) is 0.501. The SMILES string of the molecule is Fc1ccc(Cl)cc1COc1ccc(Br)cc1. The van der Waals surface area contributed by atoms with Gasteiger partial charge >= 0.3 is 0 Å². The van der Waals surface area contributed by atoms with E-state index in [9.17, 15) is 4.39 Å². The summed E-state index contributed by atoms with van der Waals surface area (Å²) in [6.45, 7) is 0.161. The third-order valence-electron chi connectivity index (χ3n) is 2.22. The summed E-state index contributed by atoms with van der Waals surface area (Å²) in [4.78, 5) is 0. The predicted molar refractivity (Wildman–Crippen MR) is 69.9 cm³/mol. The molecule has 2 aromatic rings. The molecule has 17 heavy (non-hydrogen) atoms. The van der Waals surface area contributed by atoms with E-state index in [1.54, 1.807) is 6.07 Å². The lowest BCUT2D eigenvalue weighted by Gasteiger charge is -2.07.